The van der Waals surface area contributed by atoms with Crippen LogP contribution in [0.5, 0.6) is 11.5 Å². The van der Waals surface area contributed by atoms with Gasteiger partial charge in [0.2, 0.25) is 0 Å². The molecule has 0 radical (unpaired) electrons. The highest BCUT2D eigenvalue weighted by Gasteiger charge is 2.28. The first-order valence-electron chi connectivity index (χ1n) is 13.0. The fraction of sp³-hybridized carbons (Fsp3) is 0.310. The minimum atomic E-state index is -1.01. The van der Waals surface area contributed by atoms with Crippen LogP contribution in [0.4, 0.5) is 9.39 Å². The molecule has 1 aliphatic carbocycles. The topological polar surface area (TPSA) is 115 Å². The number of benzene rings is 2. The average Bonchev–Trinajstić information content (AvgIpc) is 3.13. The van der Waals surface area contributed by atoms with Crippen LogP contribution in [0.2, 0.25) is 5.02 Å². The normalized spacial score (nSPS) is 12.8. The van der Waals surface area contributed by atoms with Crippen LogP contribution in [-0.2, 0) is 33.8 Å². The van der Waals surface area contributed by atoms with Crippen molar-refractivity contribution in [2.45, 2.75) is 45.6 Å². The summed E-state index contributed by atoms with van der Waals surface area (Å²) < 4.78 is 30.3. The Bertz CT molecular complexity index is 1450. The highest BCUT2D eigenvalue weighted by Crippen LogP contribution is 2.38. The van der Waals surface area contributed by atoms with E-state index in [4.69, 9.17) is 25.8 Å². The molecule has 0 bridgehead atoms. The lowest BCUT2D eigenvalue weighted by atomic mass is 10.1. The third kappa shape index (κ3) is 7.42. The number of carbonyl (C=O) groups is 3. The van der Waals surface area contributed by atoms with Crippen LogP contribution in [0, 0.1) is 5.82 Å². The second-order valence-corrected chi connectivity index (χ2v) is 10.6. The molecule has 0 atom stereocenters. The smallest absolute Gasteiger partial charge is 0.341 e. The number of carbonyl (C=O) groups excluding carboxylic acids is 3. The molecule has 4 rings (SSSR count). The molecule has 0 saturated carbocycles. The number of nitrogens with zero attached hydrogens (tertiary/aromatic N) is 1. The first-order valence-corrected chi connectivity index (χ1v) is 14.2. The van der Waals surface area contributed by atoms with Crippen molar-refractivity contribution in [3.8, 4) is 11.5 Å². The maximum Gasteiger partial charge on any atom is 0.341 e. The summed E-state index contributed by atoms with van der Waals surface area (Å²) in [6.07, 6.45) is 5.85. The second kappa shape index (κ2) is 14.1. The number of rotatable bonds is 9. The quantitative estimate of drug-likeness (QED) is 0.107. The number of halogens is 2. The zero-order valence-corrected chi connectivity index (χ0v) is 24.1. The van der Waals surface area contributed by atoms with Gasteiger partial charge in [-0.25, -0.2) is 14.6 Å². The van der Waals surface area contributed by atoms with Gasteiger partial charge in [0.1, 0.15) is 17.4 Å². The summed E-state index contributed by atoms with van der Waals surface area (Å²) in [7, 11) is 1.44. The molecule has 1 aliphatic rings. The van der Waals surface area contributed by atoms with E-state index in [1.165, 1.54) is 36.8 Å². The van der Waals surface area contributed by atoms with Crippen molar-refractivity contribution in [3.05, 3.63) is 74.4 Å². The standard InChI is InChI=1S/C29H29ClFN3O6S/c1-3-39-29(37)25-18-8-5-4-6-11-24(18)41-28(25)33-26(35)27(36)34-32-15-17-12-13-22(23(14-17)38-2)40-16-19-20(30)9-7-10-21(19)31/h7,9-10,12-15H,3-6,8,11,16H2,1-2H3,(H,33,35)(H,34,36). The van der Waals surface area contributed by atoms with E-state index >= 15 is 0 Å². The van der Waals surface area contributed by atoms with E-state index in [0.717, 1.165) is 42.5 Å². The van der Waals surface area contributed by atoms with Gasteiger partial charge in [-0.05, 0) is 74.1 Å². The van der Waals surface area contributed by atoms with Gasteiger partial charge in [-0.15, -0.1) is 11.3 Å². The molecule has 0 aliphatic heterocycles. The molecule has 1 heterocycles. The van der Waals surface area contributed by atoms with Gasteiger partial charge in [-0.2, -0.15) is 5.10 Å². The molecule has 0 spiro atoms. The second-order valence-electron chi connectivity index (χ2n) is 9.04. The summed E-state index contributed by atoms with van der Waals surface area (Å²) in [5.41, 5.74) is 4.15. The number of amides is 2. The molecule has 2 N–H and O–H groups in total. The Morgan fingerprint density at radius 1 is 1.10 bits per heavy atom. The van der Waals surface area contributed by atoms with Crippen molar-refractivity contribution in [1.29, 1.82) is 0 Å². The minimum Gasteiger partial charge on any atom is -0.493 e. The molecule has 216 valence electrons. The van der Waals surface area contributed by atoms with E-state index < -0.39 is 23.6 Å². The number of thiophene rings is 1. The van der Waals surface area contributed by atoms with Gasteiger partial charge in [0.05, 0.1) is 30.5 Å². The first-order chi connectivity index (χ1) is 19.8. The van der Waals surface area contributed by atoms with Crippen LogP contribution in [0.25, 0.3) is 0 Å². The number of anilines is 1. The summed E-state index contributed by atoms with van der Waals surface area (Å²) in [5.74, 6) is -2.27. The number of methoxy groups -OCH3 is 1. The molecule has 1 aromatic heterocycles. The maximum atomic E-state index is 14.0. The zero-order chi connectivity index (χ0) is 29.4. The van der Waals surface area contributed by atoms with Crippen LogP contribution in [-0.4, -0.2) is 37.7 Å². The third-order valence-corrected chi connectivity index (χ3v) is 7.90. The predicted molar refractivity (Wildman–Crippen MR) is 155 cm³/mol. The highest BCUT2D eigenvalue weighted by atomic mass is 35.5. The fourth-order valence-corrected chi connectivity index (χ4v) is 5.82. The SMILES string of the molecule is CCOC(=O)c1c(NC(=O)C(=O)NN=Cc2ccc(OCc3c(F)cccc3Cl)c(OC)c2)sc2c1CCCCC2. The Balaban J connectivity index is 1.39. The van der Waals surface area contributed by atoms with E-state index in [1.807, 2.05) is 0 Å². The molecule has 0 saturated heterocycles. The summed E-state index contributed by atoms with van der Waals surface area (Å²) in [6, 6.07) is 9.21. The van der Waals surface area contributed by atoms with Gasteiger partial charge in [0.25, 0.3) is 0 Å². The Kier molecular flexibility index (Phi) is 10.3. The summed E-state index contributed by atoms with van der Waals surface area (Å²) in [6.45, 7) is 1.81. The van der Waals surface area contributed by atoms with E-state index in [1.54, 1.807) is 31.2 Å². The van der Waals surface area contributed by atoms with Crippen LogP contribution in [0.3, 0.4) is 0 Å². The Morgan fingerprint density at radius 2 is 1.90 bits per heavy atom. The van der Waals surface area contributed by atoms with Crippen molar-refractivity contribution < 1.29 is 33.0 Å². The van der Waals surface area contributed by atoms with E-state index in [0.29, 0.717) is 27.6 Å². The molecule has 2 amide bonds. The summed E-state index contributed by atoms with van der Waals surface area (Å²) in [5, 5.41) is 6.96. The molecule has 0 fully saturated rings. The Morgan fingerprint density at radius 3 is 2.66 bits per heavy atom. The lowest BCUT2D eigenvalue weighted by molar-refractivity contribution is -0.136. The molecular formula is C29H29ClFN3O6S. The van der Waals surface area contributed by atoms with Crippen molar-refractivity contribution >= 4 is 51.9 Å². The largest absolute Gasteiger partial charge is 0.493 e. The molecular weight excluding hydrogens is 573 g/mol. The van der Waals surface area contributed by atoms with Crippen LogP contribution in [0.15, 0.2) is 41.5 Å². The first kappa shape index (κ1) is 30.0. The Hall–Kier alpha value is -3.96. The number of hydrogen-bond acceptors (Lipinski definition) is 8. The average molecular weight is 602 g/mol. The van der Waals surface area contributed by atoms with Crippen molar-refractivity contribution in [2.75, 3.05) is 19.0 Å². The summed E-state index contributed by atoms with van der Waals surface area (Å²) >= 11 is 7.36. The number of aryl methyl sites for hydroxylation is 1. The van der Waals surface area contributed by atoms with Crippen molar-refractivity contribution in [2.24, 2.45) is 5.10 Å². The molecule has 3 aromatic rings. The molecule has 12 heteroatoms. The van der Waals surface area contributed by atoms with E-state index in [-0.39, 0.29) is 23.8 Å². The van der Waals surface area contributed by atoms with E-state index in [9.17, 15) is 18.8 Å². The third-order valence-electron chi connectivity index (χ3n) is 6.34. The molecule has 9 nitrogen and oxygen atoms in total. The monoisotopic (exact) mass is 601 g/mol. The van der Waals surface area contributed by atoms with Gasteiger partial charge in [-0.3, -0.25) is 9.59 Å². The molecule has 2 aromatic carbocycles. The summed E-state index contributed by atoms with van der Waals surface area (Å²) in [4.78, 5) is 38.8. The van der Waals surface area contributed by atoms with E-state index in [2.05, 4.69) is 15.8 Å². The van der Waals surface area contributed by atoms with Gasteiger partial charge >= 0.3 is 17.8 Å². The maximum absolute atomic E-state index is 14.0. The lowest BCUT2D eigenvalue weighted by Crippen LogP contribution is -2.32. The van der Waals surface area contributed by atoms with Crippen LogP contribution >= 0.6 is 22.9 Å². The van der Waals surface area contributed by atoms with Gasteiger partial charge in [0, 0.05) is 10.4 Å². The minimum absolute atomic E-state index is 0.106. The van der Waals surface area contributed by atoms with Gasteiger partial charge in [0.15, 0.2) is 11.5 Å². The molecule has 41 heavy (non-hydrogen) atoms. The number of esters is 1. The van der Waals surface area contributed by atoms with Crippen LogP contribution in [0.1, 0.15) is 58.1 Å². The zero-order valence-electron chi connectivity index (χ0n) is 22.6. The Labute approximate surface area is 245 Å². The number of hydrogen-bond donors (Lipinski definition) is 2. The van der Waals surface area contributed by atoms with Crippen molar-refractivity contribution in [3.63, 3.8) is 0 Å². The van der Waals surface area contributed by atoms with Crippen LogP contribution < -0.4 is 20.2 Å². The number of ether oxygens (including phenoxy) is 3. The fourth-order valence-electron chi connectivity index (χ4n) is 4.33. The highest BCUT2D eigenvalue weighted by molar-refractivity contribution is 7.17. The van der Waals surface area contributed by atoms with Gasteiger partial charge < -0.3 is 19.5 Å². The van der Waals surface area contributed by atoms with Crippen molar-refractivity contribution in [1.82, 2.24) is 5.43 Å². The number of hydrazone groups is 1. The number of nitrogens with one attached hydrogen (secondary N) is 2. The predicted octanol–water partition coefficient (Wildman–Crippen LogP) is 5.66. The van der Waals surface area contributed by atoms with Gasteiger partial charge in [-0.1, -0.05) is 24.1 Å². The lowest BCUT2D eigenvalue weighted by Gasteiger charge is -2.12. The number of fused-ring (bicyclic) bond motifs is 1. The molecule has 0 unspecified atom stereocenters.